The number of hydrogen-bond donors (Lipinski definition) is 1. The van der Waals surface area contributed by atoms with Crippen LogP contribution in [0.1, 0.15) is 24.0 Å². The van der Waals surface area contributed by atoms with E-state index < -0.39 is 8.07 Å². The second kappa shape index (κ2) is 4.50. The van der Waals surface area contributed by atoms with Crippen molar-refractivity contribution in [2.45, 2.75) is 51.4 Å². The summed E-state index contributed by atoms with van der Waals surface area (Å²) >= 11 is 0. The van der Waals surface area contributed by atoms with E-state index in [4.69, 9.17) is 0 Å². The molecule has 1 saturated heterocycles. The van der Waals surface area contributed by atoms with Gasteiger partial charge in [0, 0.05) is 6.04 Å². The summed E-state index contributed by atoms with van der Waals surface area (Å²) in [4.78, 5) is 0. The van der Waals surface area contributed by atoms with Gasteiger partial charge in [0.1, 0.15) is 0 Å². The SMILES string of the molecule is C[Si](C)(C)c1cccc2c1CC1CCCNC1C2. The molecule has 1 aromatic rings. The van der Waals surface area contributed by atoms with Gasteiger partial charge in [-0.3, -0.25) is 0 Å². The van der Waals surface area contributed by atoms with Crippen molar-refractivity contribution in [1.82, 2.24) is 5.32 Å². The summed E-state index contributed by atoms with van der Waals surface area (Å²) in [6.45, 7) is 8.67. The Morgan fingerprint density at radius 3 is 2.78 bits per heavy atom. The molecule has 1 fully saturated rings. The van der Waals surface area contributed by atoms with Gasteiger partial charge in [0.05, 0.1) is 8.07 Å². The van der Waals surface area contributed by atoms with Crippen LogP contribution in [0.15, 0.2) is 18.2 Å². The number of hydrogen-bond acceptors (Lipinski definition) is 1. The molecule has 0 bridgehead atoms. The van der Waals surface area contributed by atoms with Crippen LogP contribution in [0.3, 0.4) is 0 Å². The maximum Gasteiger partial charge on any atom is 0.0779 e. The minimum absolute atomic E-state index is 0.753. The van der Waals surface area contributed by atoms with Crippen molar-refractivity contribution in [3.63, 3.8) is 0 Å². The lowest BCUT2D eigenvalue weighted by molar-refractivity contribution is 0.264. The number of piperidine rings is 1. The van der Waals surface area contributed by atoms with E-state index in [1.165, 1.54) is 32.2 Å². The molecular weight excluding hydrogens is 234 g/mol. The zero-order valence-electron chi connectivity index (χ0n) is 11.9. The highest BCUT2D eigenvalue weighted by Gasteiger charge is 2.33. The Bertz CT molecular complexity index is 447. The molecule has 3 rings (SSSR count). The van der Waals surface area contributed by atoms with E-state index in [2.05, 4.69) is 43.2 Å². The monoisotopic (exact) mass is 259 g/mol. The Hall–Kier alpha value is -0.603. The lowest BCUT2D eigenvalue weighted by Crippen LogP contribution is -2.49. The lowest BCUT2D eigenvalue weighted by atomic mass is 9.76. The van der Waals surface area contributed by atoms with Gasteiger partial charge in [0.15, 0.2) is 0 Å². The number of rotatable bonds is 1. The van der Waals surface area contributed by atoms with Crippen LogP contribution in [-0.4, -0.2) is 20.7 Å². The third-order valence-corrected chi connectivity index (χ3v) is 6.80. The topological polar surface area (TPSA) is 12.0 Å². The van der Waals surface area contributed by atoms with Gasteiger partial charge in [-0.1, -0.05) is 43.0 Å². The molecule has 1 nitrogen and oxygen atoms in total. The lowest BCUT2D eigenvalue weighted by Gasteiger charge is -2.39. The first-order chi connectivity index (χ1) is 8.55. The molecule has 0 amide bonds. The van der Waals surface area contributed by atoms with Crippen LogP contribution in [0.25, 0.3) is 0 Å². The summed E-state index contributed by atoms with van der Waals surface area (Å²) in [6, 6.07) is 7.81. The highest BCUT2D eigenvalue weighted by molar-refractivity contribution is 6.89. The molecule has 2 heteroatoms. The Morgan fingerprint density at radius 1 is 1.17 bits per heavy atom. The first-order valence-corrected chi connectivity index (χ1v) is 10.9. The normalized spacial score (nSPS) is 27.5. The smallest absolute Gasteiger partial charge is 0.0779 e. The van der Waals surface area contributed by atoms with Crippen LogP contribution in [0.4, 0.5) is 0 Å². The summed E-state index contributed by atoms with van der Waals surface area (Å²) in [5, 5.41) is 5.44. The van der Waals surface area contributed by atoms with Crippen molar-refractivity contribution in [2.75, 3.05) is 6.54 Å². The minimum Gasteiger partial charge on any atom is -0.313 e. The Morgan fingerprint density at radius 2 is 2.00 bits per heavy atom. The molecule has 1 aliphatic carbocycles. The van der Waals surface area contributed by atoms with Crippen LogP contribution in [-0.2, 0) is 12.8 Å². The molecule has 18 heavy (non-hydrogen) atoms. The standard InChI is InChI=1S/C16H25NSi/c1-18(2,3)16-8-4-6-12-11-15-13(10-14(12)16)7-5-9-17-15/h4,6,8,13,15,17H,5,7,9-11H2,1-3H3. The average molecular weight is 259 g/mol. The predicted molar refractivity (Wildman–Crippen MR) is 81.3 cm³/mol. The van der Waals surface area contributed by atoms with Crippen LogP contribution in [0, 0.1) is 5.92 Å². The van der Waals surface area contributed by atoms with E-state index in [-0.39, 0.29) is 0 Å². The molecular formula is C16H25NSi. The van der Waals surface area contributed by atoms with Crippen molar-refractivity contribution < 1.29 is 0 Å². The third-order valence-electron chi connectivity index (χ3n) is 4.71. The molecule has 0 aromatic heterocycles. The van der Waals surface area contributed by atoms with E-state index in [1.54, 1.807) is 16.3 Å². The van der Waals surface area contributed by atoms with E-state index in [9.17, 15) is 0 Å². The summed E-state index contributed by atoms with van der Waals surface area (Å²) in [5.74, 6) is 0.892. The van der Waals surface area contributed by atoms with Crippen molar-refractivity contribution in [2.24, 2.45) is 5.92 Å². The van der Waals surface area contributed by atoms with E-state index in [0.29, 0.717) is 0 Å². The van der Waals surface area contributed by atoms with Gasteiger partial charge in [-0.25, -0.2) is 0 Å². The minimum atomic E-state index is -1.19. The molecule has 0 spiro atoms. The maximum absolute atomic E-state index is 3.73. The van der Waals surface area contributed by atoms with Gasteiger partial charge in [-0.05, 0) is 49.3 Å². The third kappa shape index (κ3) is 2.16. The van der Waals surface area contributed by atoms with Crippen molar-refractivity contribution in [3.8, 4) is 0 Å². The molecule has 98 valence electrons. The fourth-order valence-electron chi connectivity index (χ4n) is 3.77. The first kappa shape index (κ1) is 12.4. The summed E-state index contributed by atoms with van der Waals surface area (Å²) < 4.78 is 0. The van der Waals surface area contributed by atoms with Gasteiger partial charge in [0.25, 0.3) is 0 Å². The Labute approximate surface area is 112 Å². The summed E-state index contributed by atoms with van der Waals surface area (Å²) in [6.07, 6.45) is 5.38. The highest BCUT2D eigenvalue weighted by Crippen LogP contribution is 2.31. The summed E-state index contributed by atoms with van der Waals surface area (Å²) in [7, 11) is -1.19. The van der Waals surface area contributed by atoms with E-state index in [0.717, 1.165) is 12.0 Å². The van der Waals surface area contributed by atoms with Crippen LogP contribution >= 0.6 is 0 Å². The second-order valence-corrected chi connectivity index (χ2v) is 12.1. The van der Waals surface area contributed by atoms with Crippen molar-refractivity contribution in [1.29, 1.82) is 0 Å². The number of fused-ring (bicyclic) bond motifs is 2. The molecule has 1 heterocycles. The fraction of sp³-hybridized carbons (Fsp3) is 0.625. The maximum atomic E-state index is 3.73. The van der Waals surface area contributed by atoms with Gasteiger partial charge in [-0.15, -0.1) is 0 Å². The number of benzene rings is 1. The Kier molecular flexibility index (Phi) is 3.11. The largest absolute Gasteiger partial charge is 0.313 e. The Balaban J connectivity index is 2.00. The molecule has 1 aliphatic heterocycles. The van der Waals surface area contributed by atoms with Crippen molar-refractivity contribution in [3.05, 3.63) is 29.3 Å². The summed E-state index contributed by atoms with van der Waals surface area (Å²) in [5.41, 5.74) is 3.35. The quantitative estimate of drug-likeness (QED) is 0.765. The molecule has 1 aromatic carbocycles. The molecule has 0 saturated carbocycles. The first-order valence-electron chi connectivity index (χ1n) is 7.40. The molecule has 0 radical (unpaired) electrons. The fourth-order valence-corrected chi connectivity index (χ4v) is 5.54. The van der Waals surface area contributed by atoms with Gasteiger partial charge in [-0.2, -0.15) is 0 Å². The van der Waals surface area contributed by atoms with Crippen molar-refractivity contribution >= 4 is 13.3 Å². The second-order valence-electron chi connectivity index (χ2n) is 7.06. The molecule has 2 aliphatic rings. The van der Waals surface area contributed by atoms with E-state index >= 15 is 0 Å². The van der Waals surface area contributed by atoms with Gasteiger partial charge < -0.3 is 5.32 Å². The van der Waals surface area contributed by atoms with Gasteiger partial charge in [0.2, 0.25) is 0 Å². The zero-order valence-corrected chi connectivity index (χ0v) is 12.9. The van der Waals surface area contributed by atoms with Crippen LogP contribution in [0.2, 0.25) is 19.6 Å². The zero-order chi connectivity index (χ0) is 12.8. The highest BCUT2D eigenvalue weighted by atomic mass is 28.3. The van der Waals surface area contributed by atoms with Crippen LogP contribution < -0.4 is 10.5 Å². The predicted octanol–water partition coefficient (Wildman–Crippen LogP) is 2.70. The molecule has 2 unspecified atom stereocenters. The number of nitrogens with one attached hydrogen (secondary N) is 1. The van der Waals surface area contributed by atoms with Gasteiger partial charge >= 0.3 is 0 Å². The van der Waals surface area contributed by atoms with Crippen LogP contribution in [0.5, 0.6) is 0 Å². The molecule has 1 N–H and O–H groups in total. The average Bonchev–Trinajstić information content (AvgIpc) is 2.34. The van der Waals surface area contributed by atoms with E-state index in [1.807, 2.05) is 0 Å². The molecule has 2 atom stereocenters.